The topological polar surface area (TPSA) is 34.9 Å². The Hall–Kier alpha value is -1.35. The third-order valence-corrected chi connectivity index (χ3v) is 2.74. The first-order chi connectivity index (χ1) is 7.13. The maximum absolute atomic E-state index is 11.2. The SMILES string of the molecule is CC(=O)c1ccc2nc(CCl)n(C)c2c1. The molecular weight excluding hydrogens is 212 g/mol. The predicted molar refractivity (Wildman–Crippen MR) is 60.3 cm³/mol. The molecule has 15 heavy (non-hydrogen) atoms. The van der Waals surface area contributed by atoms with E-state index in [0.29, 0.717) is 11.4 Å². The first-order valence-corrected chi connectivity index (χ1v) is 5.19. The second-order valence-electron chi connectivity index (χ2n) is 3.48. The van der Waals surface area contributed by atoms with Crippen molar-refractivity contribution in [2.24, 2.45) is 7.05 Å². The number of fused-ring (bicyclic) bond motifs is 1. The fourth-order valence-electron chi connectivity index (χ4n) is 1.58. The molecule has 1 heterocycles. The van der Waals surface area contributed by atoms with Crippen molar-refractivity contribution in [2.75, 3.05) is 0 Å². The largest absolute Gasteiger partial charge is 0.330 e. The van der Waals surface area contributed by atoms with Crippen LogP contribution in [-0.2, 0) is 12.9 Å². The Morgan fingerprint density at radius 3 is 2.87 bits per heavy atom. The van der Waals surface area contributed by atoms with Gasteiger partial charge in [-0.15, -0.1) is 11.6 Å². The van der Waals surface area contributed by atoms with Crippen molar-refractivity contribution < 1.29 is 4.79 Å². The lowest BCUT2D eigenvalue weighted by atomic mass is 10.1. The highest BCUT2D eigenvalue weighted by Gasteiger charge is 2.08. The quantitative estimate of drug-likeness (QED) is 0.578. The Kier molecular flexibility index (Phi) is 2.49. The smallest absolute Gasteiger partial charge is 0.159 e. The molecule has 1 aromatic heterocycles. The van der Waals surface area contributed by atoms with Gasteiger partial charge in [0.05, 0.1) is 16.9 Å². The van der Waals surface area contributed by atoms with Crippen LogP contribution in [0, 0.1) is 0 Å². The van der Waals surface area contributed by atoms with Crippen LogP contribution in [0.2, 0.25) is 0 Å². The third-order valence-electron chi connectivity index (χ3n) is 2.50. The highest BCUT2D eigenvalue weighted by Crippen LogP contribution is 2.18. The predicted octanol–water partition coefficient (Wildman–Crippen LogP) is 2.51. The van der Waals surface area contributed by atoms with Gasteiger partial charge in [0.25, 0.3) is 0 Å². The first-order valence-electron chi connectivity index (χ1n) is 4.65. The van der Waals surface area contributed by atoms with Gasteiger partial charge in [0.2, 0.25) is 0 Å². The molecule has 0 fully saturated rings. The zero-order valence-corrected chi connectivity index (χ0v) is 9.38. The number of imidazole rings is 1. The molecule has 0 amide bonds. The molecule has 0 radical (unpaired) electrons. The third kappa shape index (κ3) is 1.63. The van der Waals surface area contributed by atoms with Crippen LogP contribution in [0.3, 0.4) is 0 Å². The van der Waals surface area contributed by atoms with Crippen molar-refractivity contribution >= 4 is 28.4 Å². The molecule has 3 nitrogen and oxygen atoms in total. The fraction of sp³-hybridized carbons (Fsp3) is 0.273. The van der Waals surface area contributed by atoms with E-state index in [1.807, 2.05) is 23.7 Å². The Morgan fingerprint density at radius 1 is 1.53 bits per heavy atom. The maximum atomic E-state index is 11.2. The molecule has 0 saturated heterocycles. The molecular formula is C11H11ClN2O. The van der Waals surface area contributed by atoms with E-state index in [0.717, 1.165) is 16.9 Å². The summed E-state index contributed by atoms with van der Waals surface area (Å²) in [5.74, 6) is 1.25. The Labute approximate surface area is 92.7 Å². The van der Waals surface area contributed by atoms with E-state index in [1.54, 1.807) is 13.0 Å². The Morgan fingerprint density at radius 2 is 2.27 bits per heavy atom. The summed E-state index contributed by atoms with van der Waals surface area (Å²) in [6.07, 6.45) is 0. The van der Waals surface area contributed by atoms with Gasteiger partial charge in [-0.05, 0) is 25.1 Å². The second kappa shape index (κ2) is 3.66. The highest BCUT2D eigenvalue weighted by molar-refractivity contribution is 6.16. The number of halogens is 1. The number of rotatable bonds is 2. The molecule has 0 N–H and O–H groups in total. The number of hydrogen-bond acceptors (Lipinski definition) is 2. The Bertz CT molecular complexity index is 531. The van der Waals surface area contributed by atoms with Crippen LogP contribution in [-0.4, -0.2) is 15.3 Å². The number of benzene rings is 1. The van der Waals surface area contributed by atoms with Crippen LogP contribution in [0.4, 0.5) is 0 Å². The Balaban J connectivity index is 2.70. The molecule has 78 valence electrons. The molecule has 1 aromatic carbocycles. The van der Waals surface area contributed by atoms with Crippen molar-refractivity contribution in [3.8, 4) is 0 Å². The molecule has 2 rings (SSSR count). The molecule has 0 unspecified atom stereocenters. The van der Waals surface area contributed by atoms with Crippen LogP contribution in [0.25, 0.3) is 11.0 Å². The summed E-state index contributed by atoms with van der Waals surface area (Å²) in [5.41, 5.74) is 2.52. The van der Waals surface area contributed by atoms with Crippen LogP contribution in [0.1, 0.15) is 23.1 Å². The molecule has 0 aliphatic rings. The first kappa shape index (κ1) is 10.2. The van der Waals surface area contributed by atoms with E-state index >= 15 is 0 Å². The van der Waals surface area contributed by atoms with Crippen molar-refractivity contribution in [3.05, 3.63) is 29.6 Å². The zero-order valence-electron chi connectivity index (χ0n) is 8.62. The molecule has 0 saturated carbocycles. The van der Waals surface area contributed by atoms with Crippen LogP contribution < -0.4 is 0 Å². The lowest BCUT2D eigenvalue weighted by Crippen LogP contribution is -1.95. The van der Waals surface area contributed by atoms with Crippen molar-refractivity contribution in [1.29, 1.82) is 0 Å². The van der Waals surface area contributed by atoms with Gasteiger partial charge < -0.3 is 4.57 Å². The monoisotopic (exact) mass is 222 g/mol. The standard InChI is InChI=1S/C11H11ClN2O/c1-7(15)8-3-4-9-10(5-8)14(2)11(6-12)13-9/h3-5H,6H2,1-2H3. The van der Waals surface area contributed by atoms with Gasteiger partial charge in [-0.2, -0.15) is 0 Å². The fourth-order valence-corrected chi connectivity index (χ4v) is 1.82. The summed E-state index contributed by atoms with van der Waals surface area (Å²) in [5, 5.41) is 0. The summed E-state index contributed by atoms with van der Waals surface area (Å²) in [7, 11) is 1.90. The number of Topliss-reactive ketones (excluding diaryl/α,β-unsaturated/α-hetero) is 1. The number of ketones is 1. The zero-order chi connectivity index (χ0) is 11.0. The van der Waals surface area contributed by atoms with E-state index in [1.165, 1.54) is 0 Å². The summed E-state index contributed by atoms with van der Waals surface area (Å²) in [4.78, 5) is 15.6. The van der Waals surface area contributed by atoms with Crippen molar-refractivity contribution in [2.45, 2.75) is 12.8 Å². The van der Waals surface area contributed by atoms with Gasteiger partial charge in [0, 0.05) is 12.6 Å². The molecule has 0 bridgehead atoms. The van der Waals surface area contributed by atoms with Crippen molar-refractivity contribution in [3.63, 3.8) is 0 Å². The van der Waals surface area contributed by atoms with Crippen LogP contribution in [0.5, 0.6) is 0 Å². The van der Waals surface area contributed by atoms with Gasteiger partial charge >= 0.3 is 0 Å². The van der Waals surface area contributed by atoms with Gasteiger partial charge in [0.1, 0.15) is 5.82 Å². The minimum absolute atomic E-state index is 0.0607. The minimum Gasteiger partial charge on any atom is -0.330 e. The molecule has 4 heteroatoms. The molecule has 0 atom stereocenters. The number of hydrogen-bond donors (Lipinski definition) is 0. The maximum Gasteiger partial charge on any atom is 0.159 e. The number of carbonyl (C=O) groups is 1. The van der Waals surface area contributed by atoms with E-state index in [9.17, 15) is 4.79 Å². The second-order valence-corrected chi connectivity index (χ2v) is 3.75. The summed E-state index contributed by atoms with van der Waals surface area (Å²) < 4.78 is 1.91. The van der Waals surface area contributed by atoms with E-state index in [-0.39, 0.29) is 5.78 Å². The molecule has 2 aromatic rings. The molecule has 0 aliphatic heterocycles. The molecule has 0 aliphatic carbocycles. The van der Waals surface area contributed by atoms with Crippen LogP contribution >= 0.6 is 11.6 Å². The highest BCUT2D eigenvalue weighted by atomic mass is 35.5. The number of alkyl halides is 1. The number of nitrogens with zero attached hydrogens (tertiary/aromatic N) is 2. The summed E-state index contributed by atoms with van der Waals surface area (Å²) >= 11 is 5.76. The van der Waals surface area contributed by atoms with E-state index < -0.39 is 0 Å². The molecule has 0 spiro atoms. The van der Waals surface area contributed by atoms with Gasteiger partial charge in [-0.25, -0.2) is 4.98 Å². The number of aryl methyl sites for hydroxylation is 1. The average Bonchev–Trinajstić information content (AvgIpc) is 2.55. The average molecular weight is 223 g/mol. The lowest BCUT2D eigenvalue weighted by molar-refractivity contribution is 0.101. The summed E-state index contributed by atoms with van der Waals surface area (Å²) in [6, 6.07) is 5.48. The van der Waals surface area contributed by atoms with Gasteiger partial charge in [0.15, 0.2) is 5.78 Å². The van der Waals surface area contributed by atoms with E-state index in [2.05, 4.69) is 4.98 Å². The minimum atomic E-state index is 0.0607. The van der Waals surface area contributed by atoms with Crippen molar-refractivity contribution in [1.82, 2.24) is 9.55 Å². The van der Waals surface area contributed by atoms with Crippen LogP contribution in [0.15, 0.2) is 18.2 Å². The van der Waals surface area contributed by atoms with Gasteiger partial charge in [-0.1, -0.05) is 0 Å². The van der Waals surface area contributed by atoms with Gasteiger partial charge in [-0.3, -0.25) is 4.79 Å². The number of carbonyl (C=O) groups excluding carboxylic acids is 1. The normalized spacial score (nSPS) is 10.9. The lowest BCUT2D eigenvalue weighted by Gasteiger charge is -1.99. The van der Waals surface area contributed by atoms with E-state index in [4.69, 9.17) is 11.6 Å². The summed E-state index contributed by atoms with van der Waals surface area (Å²) in [6.45, 7) is 1.56. The number of aromatic nitrogens is 2.